The molecule has 0 N–H and O–H groups in total. The molecule has 3 heterocycles. The van der Waals surface area contributed by atoms with Gasteiger partial charge in [0, 0.05) is 36.4 Å². The van der Waals surface area contributed by atoms with Gasteiger partial charge in [0.15, 0.2) is 0 Å². The predicted octanol–water partition coefficient (Wildman–Crippen LogP) is 5.92. The van der Waals surface area contributed by atoms with E-state index in [1.165, 1.54) is 0 Å². The van der Waals surface area contributed by atoms with Crippen LogP contribution in [-0.2, 0) is 20.0 Å². The summed E-state index contributed by atoms with van der Waals surface area (Å²) in [6.45, 7) is 9.10. The van der Waals surface area contributed by atoms with E-state index in [1.54, 1.807) is 7.11 Å². The van der Waals surface area contributed by atoms with Crippen LogP contribution in [0, 0.1) is 20.8 Å². The molecule has 0 saturated carbocycles. The Kier molecular flexibility index (Phi) is 5.60. The van der Waals surface area contributed by atoms with Crippen LogP contribution in [0.4, 0.5) is 0 Å². The molecule has 0 bridgehead atoms. The summed E-state index contributed by atoms with van der Waals surface area (Å²) in [7, 11) is 3.80. The van der Waals surface area contributed by atoms with Crippen LogP contribution in [0.3, 0.4) is 0 Å². The van der Waals surface area contributed by atoms with E-state index in [0.29, 0.717) is 6.54 Å². The second-order valence-corrected chi connectivity index (χ2v) is 9.05. The average Bonchev–Trinajstić information content (AvgIpc) is 3.34. The normalized spacial score (nSPS) is 11.6. The first-order valence-corrected chi connectivity index (χ1v) is 11.8. The van der Waals surface area contributed by atoms with Gasteiger partial charge in [0.2, 0.25) is 0 Å². The maximum Gasteiger partial charge on any atom is 0.140 e. The molecule has 5 aromatic rings. The lowest BCUT2D eigenvalue weighted by atomic mass is 10.1. The monoisotopic (exact) mass is 453 g/mol. The summed E-state index contributed by atoms with van der Waals surface area (Å²) in [5.41, 5.74) is 9.68. The highest BCUT2D eigenvalue weighted by Gasteiger charge is 2.19. The molecule has 174 valence electrons. The summed E-state index contributed by atoms with van der Waals surface area (Å²) in [4.78, 5) is 14.8. The summed E-state index contributed by atoms with van der Waals surface area (Å²) in [5.74, 6) is 2.95. The lowest BCUT2D eigenvalue weighted by Gasteiger charge is -2.15. The number of nitrogens with zero attached hydrogens (tertiary/aromatic N) is 5. The maximum absolute atomic E-state index is 5.66. The van der Waals surface area contributed by atoms with E-state index in [2.05, 4.69) is 67.3 Å². The van der Waals surface area contributed by atoms with Crippen LogP contribution in [0.15, 0.2) is 42.6 Å². The SMILES string of the molecule is CCCc1nc2c(C)cc(-c3nc4ccccc4n3C)cc2n1Cc1ncc(C)c(OC)c1C. The predicted molar refractivity (Wildman–Crippen MR) is 138 cm³/mol. The highest BCUT2D eigenvalue weighted by molar-refractivity contribution is 5.87. The Hall–Kier alpha value is -3.67. The third-order valence-corrected chi connectivity index (χ3v) is 6.70. The van der Waals surface area contributed by atoms with E-state index in [-0.39, 0.29) is 0 Å². The molecule has 0 aliphatic carbocycles. The number of para-hydroxylation sites is 2. The maximum atomic E-state index is 5.66. The number of pyridine rings is 1. The zero-order valence-corrected chi connectivity index (χ0v) is 20.8. The van der Waals surface area contributed by atoms with Crippen molar-refractivity contribution in [2.75, 3.05) is 7.11 Å². The van der Waals surface area contributed by atoms with Crippen molar-refractivity contribution >= 4 is 22.1 Å². The number of benzene rings is 2. The first-order chi connectivity index (χ1) is 16.4. The molecule has 0 unspecified atom stereocenters. The fourth-order valence-corrected chi connectivity index (χ4v) is 4.94. The molecule has 5 rings (SSSR count). The zero-order valence-electron chi connectivity index (χ0n) is 20.8. The molecule has 0 fully saturated rings. The van der Waals surface area contributed by atoms with Crippen molar-refractivity contribution in [2.45, 2.75) is 47.1 Å². The number of imidazole rings is 2. The molecule has 2 aromatic carbocycles. The molecule has 0 radical (unpaired) electrons. The van der Waals surface area contributed by atoms with Gasteiger partial charge in [-0.05, 0) is 57.0 Å². The second kappa shape index (κ2) is 8.60. The van der Waals surface area contributed by atoms with Crippen LogP contribution in [0.1, 0.15) is 41.6 Å². The number of ether oxygens (including phenoxy) is 1. The number of aryl methyl sites for hydroxylation is 4. The van der Waals surface area contributed by atoms with Crippen molar-refractivity contribution in [3.8, 4) is 17.1 Å². The molecule has 3 aromatic heterocycles. The van der Waals surface area contributed by atoms with Gasteiger partial charge in [-0.2, -0.15) is 0 Å². The zero-order chi connectivity index (χ0) is 24.0. The van der Waals surface area contributed by atoms with Gasteiger partial charge in [0.25, 0.3) is 0 Å². The molecule has 6 nitrogen and oxygen atoms in total. The lowest BCUT2D eigenvalue weighted by Crippen LogP contribution is -2.09. The van der Waals surface area contributed by atoms with Gasteiger partial charge in [-0.3, -0.25) is 4.98 Å². The number of aromatic nitrogens is 5. The molecular formula is C28H31N5O. The summed E-state index contributed by atoms with van der Waals surface area (Å²) < 4.78 is 10.2. The molecule has 6 heteroatoms. The Bertz CT molecular complexity index is 1530. The minimum atomic E-state index is 0.653. The molecule has 0 saturated heterocycles. The van der Waals surface area contributed by atoms with E-state index in [4.69, 9.17) is 19.7 Å². The van der Waals surface area contributed by atoms with E-state index < -0.39 is 0 Å². The topological polar surface area (TPSA) is 57.8 Å². The first-order valence-electron chi connectivity index (χ1n) is 11.8. The average molecular weight is 454 g/mol. The van der Waals surface area contributed by atoms with Crippen LogP contribution in [-0.4, -0.2) is 31.2 Å². The van der Waals surface area contributed by atoms with Crippen LogP contribution in [0.25, 0.3) is 33.5 Å². The Morgan fingerprint density at radius 1 is 0.971 bits per heavy atom. The van der Waals surface area contributed by atoms with E-state index in [9.17, 15) is 0 Å². The largest absolute Gasteiger partial charge is 0.496 e. The van der Waals surface area contributed by atoms with Gasteiger partial charge >= 0.3 is 0 Å². The molecule has 0 spiro atoms. The van der Waals surface area contributed by atoms with Crippen LogP contribution >= 0.6 is 0 Å². The quantitative estimate of drug-likeness (QED) is 0.320. The fraction of sp³-hybridized carbons (Fsp3) is 0.321. The van der Waals surface area contributed by atoms with E-state index in [1.807, 2.05) is 19.2 Å². The first kappa shape index (κ1) is 22.1. The summed E-state index contributed by atoms with van der Waals surface area (Å²) >= 11 is 0. The number of fused-ring (bicyclic) bond motifs is 2. The van der Waals surface area contributed by atoms with Crippen LogP contribution in [0.5, 0.6) is 5.75 Å². The van der Waals surface area contributed by atoms with Gasteiger partial charge in [-0.25, -0.2) is 9.97 Å². The lowest BCUT2D eigenvalue weighted by molar-refractivity contribution is 0.406. The highest BCUT2D eigenvalue weighted by atomic mass is 16.5. The Morgan fingerprint density at radius 2 is 1.76 bits per heavy atom. The van der Waals surface area contributed by atoms with Gasteiger partial charge in [0.1, 0.15) is 17.4 Å². The van der Waals surface area contributed by atoms with E-state index in [0.717, 1.165) is 80.3 Å². The molecule has 0 amide bonds. The number of hydrogen-bond donors (Lipinski definition) is 0. The molecule has 0 aliphatic heterocycles. The molecule has 0 atom stereocenters. The van der Waals surface area contributed by atoms with Crippen molar-refractivity contribution in [2.24, 2.45) is 7.05 Å². The fourth-order valence-electron chi connectivity index (χ4n) is 4.94. The summed E-state index contributed by atoms with van der Waals surface area (Å²) in [5, 5.41) is 0. The standard InChI is InChI=1S/C28H31N5O/c1-7-10-25-31-26-17(2)13-20(28-30-21-11-8-9-12-23(21)32(28)5)14-24(26)33(25)16-22-19(4)27(34-6)18(3)15-29-22/h8-9,11-15H,7,10,16H2,1-6H3. The van der Waals surface area contributed by atoms with Gasteiger partial charge in [-0.15, -0.1) is 0 Å². The smallest absolute Gasteiger partial charge is 0.140 e. The third-order valence-electron chi connectivity index (χ3n) is 6.70. The van der Waals surface area contributed by atoms with Crippen LogP contribution < -0.4 is 4.74 Å². The van der Waals surface area contributed by atoms with E-state index >= 15 is 0 Å². The second-order valence-electron chi connectivity index (χ2n) is 9.05. The van der Waals surface area contributed by atoms with Gasteiger partial charge in [-0.1, -0.05) is 19.1 Å². The number of methoxy groups -OCH3 is 1. The summed E-state index contributed by atoms with van der Waals surface area (Å²) in [6, 6.07) is 12.7. The van der Waals surface area contributed by atoms with Gasteiger partial charge in [0.05, 0.1) is 41.4 Å². The Balaban J connectivity index is 1.70. The highest BCUT2D eigenvalue weighted by Crippen LogP contribution is 2.31. The third kappa shape index (κ3) is 3.54. The number of hydrogen-bond acceptors (Lipinski definition) is 4. The van der Waals surface area contributed by atoms with Crippen molar-refractivity contribution < 1.29 is 4.74 Å². The van der Waals surface area contributed by atoms with Crippen molar-refractivity contribution in [1.29, 1.82) is 0 Å². The Labute approximate surface area is 200 Å². The number of rotatable bonds is 6. The van der Waals surface area contributed by atoms with Crippen molar-refractivity contribution in [1.82, 2.24) is 24.1 Å². The summed E-state index contributed by atoms with van der Waals surface area (Å²) in [6.07, 6.45) is 3.84. The Morgan fingerprint density at radius 3 is 2.50 bits per heavy atom. The molecule has 34 heavy (non-hydrogen) atoms. The van der Waals surface area contributed by atoms with Crippen molar-refractivity contribution in [3.05, 3.63) is 70.8 Å². The molecular weight excluding hydrogens is 422 g/mol. The minimum Gasteiger partial charge on any atom is -0.496 e. The molecule has 0 aliphatic rings. The van der Waals surface area contributed by atoms with Crippen molar-refractivity contribution in [3.63, 3.8) is 0 Å². The van der Waals surface area contributed by atoms with Crippen LogP contribution in [0.2, 0.25) is 0 Å². The minimum absolute atomic E-state index is 0.653. The van der Waals surface area contributed by atoms with Gasteiger partial charge < -0.3 is 13.9 Å².